The highest BCUT2D eigenvalue weighted by atomic mass is 35.5. The first-order chi connectivity index (χ1) is 12.2. The summed E-state index contributed by atoms with van der Waals surface area (Å²) in [5.74, 6) is 0.0518. The quantitative estimate of drug-likeness (QED) is 0.801. The van der Waals surface area contributed by atoms with Crippen LogP contribution in [-0.2, 0) is 4.74 Å². The van der Waals surface area contributed by atoms with Gasteiger partial charge in [0.05, 0.1) is 17.3 Å². The number of aliphatic hydroxyl groups is 1. The number of nitrogens with zero attached hydrogens (tertiary/aromatic N) is 3. The first kappa shape index (κ1) is 18.9. The molecule has 26 heavy (non-hydrogen) atoms. The van der Waals surface area contributed by atoms with Crippen molar-refractivity contribution in [2.45, 2.75) is 45.3 Å². The lowest BCUT2D eigenvalue weighted by atomic mass is 9.89. The van der Waals surface area contributed by atoms with Gasteiger partial charge in [-0.25, -0.2) is 14.8 Å². The predicted molar refractivity (Wildman–Crippen MR) is 100 cm³/mol. The summed E-state index contributed by atoms with van der Waals surface area (Å²) in [4.78, 5) is 22.4. The Morgan fingerprint density at radius 2 is 2.04 bits per heavy atom. The minimum atomic E-state index is -0.674. The Balaban J connectivity index is 1.65. The number of aliphatic hydroxyl groups excluding tert-OH is 1. The zero-order valence-corrected chi connectivity index (χ0v) is 16.0. The number of fused-ring (bicyclic) bond motifs is 1. The second-order valence-corrected chi connectivity index (χ2v) is 8.07. The van der Waals surface area contributed by atoms with Crippen LogP contribution in [0.15, 0.2) is 24.4 Å². The molecule has 2 aromatic heterocycles. The van der Waals surface area contributed by atoms with E-state index in [1.165, 1.54) is 0 Å². The molecule has 7 heteroatoms. The van der Waals surface area contributed by atoms with E-state index in [0.717, 1.165) is 5.39 Å². The van der Waals surface area contributed by atoms with Crippen LogP contribution in [0.3, 0.4) is 0 Å². The van der Waals surface area contributed by atoms with Gasteiger partial charge in [-0.2, -0.15) is 0 Å². The van der Waals surface area contributed by atoms with Crippen molar-refractivity contribution in [3.05, 3.63) is 35.2 Å². The molecule has 0 aromatic carbocycles. The average Bonchev–Trinajstić information content (AvgIpc) is 2.59. The van der Waals surface area contributed by atoms with Gasteiger partial charge in [0.25, 0.3) is 0 Å². The van der Waals surface area contributed by atoms with Crippen LogP contribution in [0.25, 0.3) is 10.9 Å². The van der Waals surface area contributed by atoms with E-state index in [1.54, 1.807) is 17.2 Å². The van der Waals surface area contributed by atoms with E-state index in [4.69, 9.17) is 16.3 Å². The second-order valence-electron chi connectivity index (χ2n) is 7.69. The van der Waals surface area contributed by atoms with Crippen LogP contribution in [0.1, 0.15) is 45.4 Å². The Morgan fingerprint density at radius 1 is 1.35 bits per heavy atom. The van der Waals surface area contributed by atoms with Crippen LogP contribution in [0.2, 0.25) is 5.15 Å². The molecular formula is C19H24ClN3O3. The van der Waals surface area contributed by atoms with Crippen molar-refractivity contribution in [2.75, 3.05) is 13.1 Å². The van der Waals surface area contributed by atoms with E-state index in [1.807, 2.05) is 32.9 Å². The molecule has 0 spiro atoms. The molecular weight excluding hydrogens is 354 g/mol. The number of pyridine rings is 2. The van der Waals surface area contributed by atoms with Crippen LogP contribution < -0.4 is 0 Å². The highest BCUT2D eigenvalue weighted by Gasteiger charge is 2.31. The Bertz CT molecular complexity index is 798. The SMILES string of the molecule is CC(C)(C)OC(=O)N1CCC(C(O)c2ccc3cnc(Cl)cc3n2)CC1. The predicted octanol–water partition coefficient (Wildman–Crippen LogP) is 3.96. The number of ether oxygens (including phenoxy) is 1. The van der Waals surface area contributed by atoms with Gasteiger partial charge in [-0.05, 0) is 51.7 Å². The fraction of sp³-hybridized carbons (Fsp3) is 0.526. The van der Waals surface area contributed by atoms with Gasteiger partial charge in [0.15, 0.2) is 0 Å². The minimum Gasteiger partial charge on any atom is -0.444 e. The summed E-state index contributed by atoms with van der Waals surface area (Å²) >= 11 is 5.93. The number of hydrogen-bond donors (Lipinski definition) is 1. The molecule has 0 aliphatic carbocycles. The van der Waals surface area contributed by atoms with Crippen molar-refractivity contribution in [3.63, 3.8) is 0 Å². The average molecular weight is 378 g/mol. The summed E-state index contributed by atoms with van der Waals surface area (Å²) < 4.78 is 5.41. The molecule has 1 amide bonds. The molecule has 6 nitrogen and oxygen atoms in total. The number of amides is 1. The monoisotopic (exact) mass is 377 g/mol. The maximum Gasteiger partial charge on any atom is 0.410 e. The first-order valence-electron chi connectivity index (χ1n) is 8.81. The van der Waals surface area contributed by atoms with E-state index in [9.17, 15) is 9.90 Å². The van der Waals surface area contributed by atoms with Crippen molar-refractivity contribution in [1.29, 1.82) is 0 Å². The lowest BCUT2D eigenvalue weighted by Gasteiger charge is -2.35. The summed E-state index contributed by atoms with van der Waals surface area (Å²) in [5, 5.41) is 12.0. The van der Waals surface area contributed by atoms with Crippen molar-refractivity contribution in [2.24, 2.45) is 5.92 Å². The Labute approximate surface area is 158 Å². The third-order valence-corrected chi connectivity index (χ3v) is 4.71. The lowest BCUT2D eigenvalue weighted by Crippen LogP contribution is -2.42. The second kappa shape index (κ2) is 7.37. The van der Waals surface area contributed by atoms with Gasteiger partial charge in [0, 0.05) is 30.7 Å². The molecule has 1 fully saturated rings. The van der Waals surface area contributed by atoms with Crippen LogP contribution >= 0.6 is 11.6 Å². The van der Waals surface area contributed by atoms with E-state index >= 15 is 0 Å². The normalized spacial score (nSPS) is 17.3. The van der Waals surface area contributed by atoms with Crippen LogP contribution in [0.5, 0.6) is 0 Å². The number of hydrogen-bond acceptors (Lipinski definition) is 5. The molecule has 1 aliphatic rings. The molecule has 1 saturated heterocycles. The van der Waals surface area contributed by atoms with Crippen LogP contribution in [0.4, 0.5) is 4.79 Å². The number of carbonyl (C=O) groups excluding carboxylic acids is 1. The molecule has 2 aromatic rings. The third-order valence-electron chi connectivity index (χ3n) is 4.50. The molecule has 1 N–H and O–H groups in total. The van der Waals surface area contributed by atoms with Crippen LogP contribution in [0, 0.1) is 5.92 Å². The summed E-state index contributed by atoms with van der Waals surface area (Å²) in [6.45, 7) is 6.71. The standard InChI is InChI=1S/C19H24ClN3O3/c1-19(2,3)26-18(25)23-8-6-12(7-9-23)17(24)14-5-4-13-11-21-16(20)10-15(13)22-14/h4-5,10-12,17,24H,6-9H2,1-3H3. The summed E-state index contributed by atoms with van der Waals surface area (Å²) in [6, 6.07) is 5.40. The Kier molecular flexibility index (Phi) is 5.34. The number of piperidine rings is 1. The van der Waals surface area contributed by atoms with Gasteiger partial charge in [-0.3, -0.25) is 0 Å². The van der Waals surface area contributed by atoms with Crippen LogP contribution in [-0.4, -0.2) is 44.8 Å². The minimum absolute atomic E-state index is 0.0518. The smallest absolute Gasteiger partial charge is 0.410 e. The van der Waals surface area contributed by atoms with Crippen molar-refractivity contribution in [1.82, 2.24) is 14.9 Å². The zero-order valence-electron chi connectivity index (χ0n) is 15.3. The molecule has 1 aliphatic heterocycles. The van der Waals surface area contributed by atoms with Crippen molar-refractivity contribution >= 4 is 28.6 Å². The van der Waals surface area contributed by atoms with E-state index in [0.29, 0.717) is 42.3 Å². The highest BCUT2D eigenvalue weighted by molar-refractivity contribution is 6.29. The van der Waals surface area contributed by atoms with Gasteiger partial charge in [-0.1, -0.05) is 11.6 Å². The topological polar surface area (TPSA) is 75.5 Å². The molecule has 1 unspecified atom stereocenters. The van der Waals surface area contributed by atoms with Crippen molar-refractivity contribution in [3.8, 4) is 0 Å². The molecule has 3 rings (SSSR count). The number of likely N-dealkylation sites (tertiary alicyclic amines) is 1. The van der Waals surface area contributed by atoms with E-state index in [-0.39, 0.29) is 12.0 Å². The number of halogens is 1. The molecule has 3 heterocycles. The molecule has 1 atom stereocenters. The maximum absolute atomic E-state index is 12.1. The van der Waals surface area contributed by atoms with Gasteiger partial charge in [0.2, 0.25) is 0 Å². The Hall–Kier alpha value is -1.92. The summed E-state index contributed by atoms with van der Waals surface area (Å²) in [7, 11) is 0. The van der Waals surface area contributed by atoms with E-state index in [2.05, 4.69) is 9.97 Å². The fourth-order valence-electron chi connectivity index (χ4n) is 3.14. The largest absolute Gasteiger partial charge is 0.444 e. The first-order valence-corrected chi connectivity index (χ1v) is 9.19. The van der Waals surface area contributed by atoms with Gasteiger partial charge >= 0.3 is 6.09 Å². The molecule has 0 radical (unpaired) electrons. The fourth-order valence-corrected chi connectivity index (χ4v) is 3.29. The van der Waals surface area contributed by atoms with Gasteiger partial charge in [-0.15, -0.1) is 0 Å². The zero-order chi connectivity index (χ0) is 18.9. The molecule has 0 bridgehead atoms. The maximum atomic E-state index is 12.1. The van der Waals surface area contributed by atoms with E-state index < -0.39 is 11.7 Å². The lowest BCUT2D eigenvalue weighted by molar-refractivity contribution is 0.00719. The highest BCUT2D eigenvalue weighted by Crippen LogP contribution is 2.31. The summed E-state index contributed by atoms with van der Waals surface area (Å²) in [5.41, 5.74) is 0.835. The summed E-state index contributed by atoms with van der Waals surface area (Å²) in [6.07, 6.45) is 2.11. The number of aromatic nitrogens is 2. The number of rotatable bonds is 2. The molecule has 0 saturated carbocycles. The number of carbonyl (C=O) groups is 1. The third kappa shape index (κ3) is 4.43. The van der Waals surface area contributed by atoms with Gasteiger partial charge < -0.3 is 14.7 Å². The molecule has 140 valence electrons. The van der Waals surface area contributed by atoms with Crippen molar-refractivity contribution < 1.29 is 14.6 Å². The van der Waals surface area contributed by atoms with Gasteiger partial charge in [0.1, 0.15) is 10.8 Å². The Morgan fingerprint density at radius 3 is 2.69 bits per heavy atom.